The van der Waals surface area contributed by atoms with E-state index < -0.39 is 0 Å². The van der Waals surface area contributed by atoms with Gasteiger partial charge >= 0.3 is 0 Å². The van der Waals surface area contributed by atoms with Gasteiger partial charge in [-0.05, 0) is 68.6 Å². The molecular weight excluding hydrogens is 592 g/mol. The van der Waals surface area contributed by atoms with Crippen molar-refractivity contribution in [2.75, 3.05) is 44.2 Å². The summed E-state index contributed by atoms with van der Waals surface area (Å²) in [5.74, 6) is 1.26. The number of carbonyl (C=O) groups is 2. The minimum absolute atomic E-state index is 0.0366. The number of benzene rings is 1. The van der Waals surface area contributed by atoms with Gasteiger partial charge in [0.1, 0.15) is 23.4 Å². The fourth-order valence-corrected chi connectivity index (χ4v) is 6.52. The molecule has 240 valence electrons. The number of likely N-dealkylation sites (tertiary alicyclic amines) is 1. The second kappa shape index (κ2) is 12.9. The molecule has 1 fully saturated rings. The number of hydrogen-bond donors (Lipinski definition) is 1. The van der Waals surface area contributed by atoms with Crippen molar-refractivity contribution in [3.63, 3.8) is 0 Å². The Morgan fingerprint density at radius 2 is 1.85 bits per heavy atom. The van der Waals surface area contributed by atoms with E-state index in [1.165, 1.54) is 5.57 Å². The van der Waals surface area contributed by atoms with E-state index in [1.54, 1.807) is 22.1 Å². The number of fused-ring (bicyclic) bond motifs is 1. The number of aryl methyl sites for hydroxylation is 2. The Hall–Kier alpha value is -5.23. The zero-order valence-electron chi connectivity index (χ0n) is 26.9. The van der Waals surface area contributed by atoms with Crippen molar-refractivity contribution < 1.29 is 9.59 Å². The van der Waals surface area contributed by atoms with E-state index in [1.807, 2.05) is 62.2 Å². The Morgan fingerprint density at radius 3 is 2.57 bits per heavy atom. The summed E-state index contributed by atoms with van der Waals surface area (Å²) in [4.78, 5) is 46.3. The molecule has 5 aromatic rings. The highest BCUT2D eigenvalue weighted by Gasteiger charge is 2.34. The SMILES string of the molecule is CCN(C(=O)[C@@H]1CCN(CC(=O)N2CC=C(c3ccc(-c4ncn(C)n4)cc3)CC2)C1)c1ccc2[nH]nc(-c3ccnc(C)c3)c2n1. The highest BCUT2D eigenvalue weighted by molar-refractivity contribution is 5.97. The molecule has 0 spiro atoms. The highest BCUT2D eigenvalue weighted by Crippen LogP contribution is 2.29. The molecule has 0 bridgehead atoms. The fourth-order valence-electron chi connectivity index (χ4n) is 6.52. The monoisotopic (exact) mass is 630 g/mol. The third-order valence-corrected chi connectivity index (χ3v) is 9.08. The molecule has 2 amide bonds. The van der Waals surface area contributed by atoms with Crippen molar-refractivity contribution in [3.8, 4) is 22.6 Å². The standard InChI is InChI=1S/C35H38N10O2/c1-4-45(30-10-9-29-33(38-30)32(40-39-29)27-11-15-36-23(2)19-27)35(47)28-12-16-43(20-28)21-31(46)44-17-13-25(14-18-44)24-5-7-26(8-6-24)34-37-22-42(3)41-34/h5-11,13,15,19,22,28H,4,12,14,16-18,20-21H2,1-3H3,(H,39,40)/t28-/m1/s1. The first-order valence-electron chi connectivity index (χ1n) is 16.1. The lowest BCUT2D eigenvalue weighted by atomic mass is 9.98. The quantitative estimate of drug-likeness (QED) is 0.271. The number of aromatic nitrogens is 7. The van der Waals surface area contributed by atoms with Gasteiger partial charge in [-0.25, -0.2) is 9.97 Å². The number of carbonyl (C=O) groups excluding carboxylic acids is 2. The van der Waals surface area contributed by atoms with Crippen LogP contribution < -0.4 is 4.90 Å². The molecule has 1 aromatic carbocycles. The first-order chi connectivity index (χ1) is 22.9. The van der Waals surface area contributed by atoms with Crippen LogP contribution in [0.15, 0.2) is 67.1 Å². The first kappa shape index (κ1) is 30.4. The number of H-pyrrole nitrogens is 1. The lowest BCUT2D eigenvalue weighted by Gasteiger charge is -2.29. The Bertz CT molecular complexity index is 1960. The predicted octanol–water partition coefficient (Wildman–Crippen LogP) is 4.11. The molecule has 7 rings (SSSR count). The average molecular weight is 631 g/mol. The number of rotatable bonds is 8. The molecule has 2 aliphatic rings. The van der Waals surface area contributed by atoms with E-state index in [4.69, 9.17) is 4.98 Å². The van der Waals surface area contributed by atoms with Gasteiger partial charge in [0.15, 0.2) is 5.82 Å². The number of anilines is 1. The molecule has 6 heterocycles. The second-order valence-corrected chi connectivity index (χ2v) is 12.3. The van der Waals surface area contributed by atoms with Crippen LogP contribution in [0.1, 0.15) is 31.0 Å². The average Bonchev–Trinajstić information content (AvgIpc) is 3.85. The summed E-state index contributed by atoms with van der Waals surface area (Å²) >= 11 is 0. The summed E-state index contributed by atoms with van der Waals surface area (Å²) in [5, 5.41) is 11.9. The number of amides is 2. The topological polar surface area (TPSA) is 129 Å². The maximum atomic E-state index is 13.8. The van der Waals surface area contributed by atoms with Crippen LogP contribution in [0, 0.1) is 12.8 Å². The number of nitrogens with zero attached hydrogens (tertiary/aromatic N) is 9. The molecule has 2 aliphatic heterocycles. The Kier molecular flexibility index (Phi) is 8.33. The molecule has 0 saturated carbocycles. The van der Waals surface area contributed by atoms with Crippen LogP contribution in [-0.2, 0) is 16.6 Å². The smallest absolute Gasteiger partial charge is 0.237 e. The van der Waals surface area contributed by atoms with Crippen molar-refractivity contribution >= 4 is 34.2 Å². The summed E-state index contributed by atoms with van der Waals surface area (Å²) in [6.45, 7) is 7.26. The number of hydrogen-bond acceptors (Lipinski definition) is 8. The minimum Gasteiger partial charge on any atom is -0.338 e. The second-order valence-electron chi connectivity index (χ2n) is 12.3. The summed E-state index contributed by atoms with van der Waals surface area (Å²) < 4.78 is 1.69. The van der Waals surface area contributed by atoms with E-state index in [-0.39, 0.29) is 17.7 Å². The van der Waals surface area contributed by atoms with Crippen molar-refractivity contribution in [1.29, 1.82) is 0 Å². The molecule has 4 aromatic heterocycles. The van der Waals surface area contributed by atoms with Gasteiger partial charge in [0.25, 0.3) is 0 Å². The minimum atomic E-state index is -0.191. The molecule has 1 saturated heterocycles. The van der Waals surface area contributed by atoms with E-state index in [0.29, 0.717) is 57.3 Å². The first-order valence-corrected chi connectivity index (χ1v) is 16.1. The molecule has 1 N–H and O–H groups in total. The summed E-state index contributed by atoms with van der Waals surface area (Å²) in [5.41, 5.74) is 7.46. The van der Waals surface area contributed by atoms with Crippen molar-refractivity contribution in [3.05, 3.63) is 78.4 Å². The van der Waals surface area contributed by atoms with Gasteiger partial charge in [0.2, 0.25) is 11.8 Å². The van der Waals surface area contributed by atoms with Gasteiger partial charge in [-0.15, -0.1) is 0 Å². The lowest BCUT2D eigenvalue weighted by molar-refractivity contribution is -0.132. The van der Waals surface area contributed by atoms with Crippen LogP contribution >= 0.6 is 0 Å². The van der Waals surface area contributed by atoms with E-state index in [9.17, 15) is 9.59 Å². The third-order valence-electron chi connectivity index (χ3n) is 9.08. The maximum Gasteiger partial charge on any atom is 0.237 e. The van der Waals surface area contributed by atoms with Gasteiger partial charge in [0, 0.05) is 56.2 Å². The summed E-state index contributed by atoms with van der Waals surface area (Å²) in [6.07, 6.45) is 7.12. The molecule has 0 unspecified atom stereocenters. The van der Waals surface area contributed by atoms with Gasteiger partial charge in [-0.3, -0.25) is 34.2 Å². The van der Waals surface area contributed by atoms with Gasteiger partial charge < -0.3 is 4.90 Å². The third kappa shape index (κ3) is 6.28. The fraction of sp³-hybridized carbons (Fsp3) is 0.343. The maximum absolute atomic E-state index is 13.8. The summed E-state index contributed by atoms with van der Waals surface area (Å²) in [6, 6.07) is 15.9. The van der Waals surface area contributed by atoms with E-state index in [2.05, 4.69) is 48.4 Å². The number of pyridine rings is 2. The Balaban J connectivity index is 0.957. The van der Waals surface area contributed by atoms with Crippen LogP contribution in [-0.4, -0.2) is 95.8 Å². The molecular formula is C35H38N10O2. The molecule has 1 atom stereocenters. The van der Waals surface area contributed by atoms with Crippen LogP contribution in [0.4, 0.5) is 5.82 Å². The van der Waals surface area contributed by atoms with E-state index >= 15 is 0 Å². The Morgan fingerprint density at radius 1 is 1.02 bits per heavy atom. The molecule has 0 radical (unpaired) electrons. The largest absolute Gasteiger partial charge is 0.338 e. The number of nitrogens with one attached hydrogen (secondary N) is 1. The van der Waals surface area contributed by atoms with Crippen LogP contribution in [0.3, 0.4) is 0 Å². The molecule has 12 nitrogen and oxygen atoms in total. The normalized spacial score (nSPS) is 16.9. The molecule has 47 heavy (non-hydrogen) atoms. The van der Waals surface area contributed by atoms with Gasteiger partial charge in [0.05, 0.1) is 18.0 Å². The van der Waals surface area contributed by atoms with Gasteiger partial charge in [-0.1, -0.05) is 30.3 Å². The highest BCUT2D eigenvalue weighted by atomic mass is 16.2. The molecule has 12 heteroatoms. The lowest BCUT2D eigenvalue weighted by Crippen LogP contribution is -2.42. The van der Waals surface area contributed by atoms with Crippen LogP contribution in [0.25, 0.3) is 39.3 Å². The van der Waals surface area contributed by atoms with Crippen molar-refractivity contribution in [1.82, 2.24) is 44.7 Å². The van der Waals surface area contributed by atoms with Crippen molar-refractivity contribution in [2.24, 2.45) is 13.0 Å². The predicted molar refractivity (Wildman–Crippen MR) is 180 cm³/mol. The van der Waals surface area contributed by atoms with Crippen LogP contribution in [0.2, 0.25) is 0 Å². The number of aromatic amines is 1. The molecule has 0 aliphatic carbocycles. The zero-order chi connectivity index (χ0) is 32.5. The van der Waals surface area contributed by atoms with Gasteiger partial charge in [-0.2, -0.15) is 10.2 Å². The van der Waals surface area contributed by atoms with E-state index in [0.717, 1.165) is 45.5 Å². The Labute approximate surface area is 273 Å². The zero-order valence-corrected chi connectivity index (χ0v) is 26.9. The van der Waals surface area contributed by atoms with Crippen molar-refractivity contribution in [2.45, 2.75) is 26.7 Å². The van der Waals surface area contributed by atoms with Crippen LogP contribution in [0.5, 0.6) is 0 Å². The summed E-state index contributed by atoms with van der Waals surface area (Å²) in [7, 11) is 1.86.